The van der Waals surface area contributed by atoms with E-state index in [1.54, 1.807) is 6.26 Å². The number of hydrogen-bond donors (Lipinski definition) is 0. The third kappa shape index (κ3) is 37.4. The van der Waals surface area contributed by atoms with Crippen LogP contribution in [0.25, 0.3) is 0 Å². The summed E-state index contributed by atoms with van der Waals surface area (Å²) in [6.45, 7) is 0. The van der Waals surface area contributed by atoms with Crippen molar-refractivity contribution >= 4 is 69.9 Å². The van der Waals surface area contributed by atoms with E-state index in [0.717, 1.165) is 0 Å². The van der Waals surface area contributed by atoms with Crippen molar-refractivity contribution in [2.24, 2.45) is 0 Å². The number of rotatable bonds is 1. The lowest BCUT2D eigenvalue weighted by Crippen LogP contribution is -3.00. The standard InChI is InChI=1S/C2H3Cl3S.C2H3ClF2S.2FH/c2*1-6-2(3,4)5;;/h2*1H3;2*1H/p-2. The average Bonchev–Trinajstić information content (AvgIpc) is 1.86. The van der Waals surface area contributed by atoms with Crippen molar-refractivity contribution in [2.45, 2.75) is 7.84 Å². The van der Waals surface area contributed by atoms with Crippen molar-refractivity contribution in [1.29, 1.82) is 0 Å². The number of alkyl halides is 6. The predicted molar refractivity (Wildman–Crippen MR) is 58.1 cm³/mol. The minimum Gasteiger partial charge on any atom is -1.00 e. The van der Waals surface area contributed by atoms with E-state index < -0.39 is 7.84 Å². The summed E-state index contributed by atoms with van der Waals surface area (Å²) in [6, 6.07) is 0. The van der Waals surface area contributed by atoms with E-state index in [1.807, 2.05) is 0 Å². The Kier molecular flexibility index (Phi) is 19.5. The Hall–Kier alpha value is 1.58. The summed E-state index contributed by atoms with van der Waals surface area (Å²) in [5, 5.41) is 0. The van der Waals surface area contributed by atoms with Gasteiger partial charge in [0.05, 0.1) is 0 Å². The zero-order valence-corrected chi connectivity index (χ0v) is 11.5. The molecule has 0 N–H and O–H groups in total. The van der Waals surface area contributed by atoms with Crippen molar-refractivity contribution in [2.75, 3.05) is 12.5 Å². The first kappa shape index (κ1) is 24.7. The molecule has 0 aromatic heterocycles. The van der Waals surface area contributed by atoms with Gasteiger partial charge in [-0.2, -0.15) is 8.78 Å². The Morgan fingerprint density at radius 3 is 1.00 bits per heavy atom. The van der Waals surface area contributed by atoms with E-state index in [0.29, 0.717) is 11.8 Å². The molecule has 0 aromatic carbocycles. The third-order valence-corrected chi connectivity index (χ3v) is 3.24. The van der Waals surface area contributed by atoms with Crippen molar-refractivity contribution < 1.29 is 18.2 Å². The average molecular weight is 336 g/mol. The van der Waals surface area contributed by atoms with E-state index in [-0.39, 0.29) is 9.41 Å². The maximum absolute atomic E-state index is 11.2. The lowest BCUT2D eigenvalue weighted by molar-refractivity contribution is -0.001000. The molecule has 0 spiro atoms. The fourth-order valence-corrected chi connectivity index (χ4v) is 0. The largest absolute Gasteiger partial charge is 1.00 e. The molecule has 0 aromatic rings. The Labute approximate surface area is 108 Å². The Morgan fingerprint density at radius 2 is 1.00 bits per heavy atom. The monoisotopic (exact) mass is 334 g/mol. The smallest absolute Gasteiger partial charge is 0.371 e. The second kappa shape index (κ2) is 11.1. The van der Waals surface area contributed by atoms with Gasteiger partial charge in [-0.05, 0) is 24.1 Å². The normalized spacial score (nSPS) is 10.3. The molecule has 0 aliphatic rings. The zero-order valence-electron chi connectivity index (χ0n) is 6.84. The van der Waals surface area contributed by atoms with Gasteiger partial charge in [-0.25, -0.2) is 0 Å². The molecule has 0 fully saturated rings. The van der Waals surface area contributed by atoms with Gasteiger partial charge in [0.25, 0.3) is 0 Å². The first-order chi connectivity index (χ1) is 5.12. The molecule has 0 saturated heterocycles. The Bertz CT molecular complexity index is 101. The molecule has 0 unspecified atom stereocenters. The molecule has 0 bridgehead atoms. The summed E-state index contributed by atoms with van der Waals surface area (Å²) in [5.74, 6) is 0. The fourth-order valence-electron chi connectivity index (χ4n) is 0. The van der Waals surface area contributed by atoms with Crippen LogP contribution in [-0.4, -0.2) is 20.3 Å². The van der Waals surface area contributed by atoms with Crippen LogP contribution in [0.2, 0.25) is 0 Å². The lowest BCUT2D eigenvalue weighted by Gasteiger charge is -2.02. The first-order valence-corrected chi connectivity index (χ1v) is 6.32. The zero-order chi connectivity index (χ0) is 10.4. The quantitative estimate of drug-likeness (QED) is 0.437. The molecule has 0 saturated carbocycles. The minimum absolute atomic E-state index is 0. The molecule has 14 heavy (non-hydrogen) atoms. The summed E-state index contributed by atoms with van der Waals surface area (Å²) < 4.78 is 18.2. The maximum Gasteiger partial charge on any atom is 0.371 e. The SMILES string of the molecule is CSC(Cl)(Cl)Cl.CSC(F)(F)Cl.[F-].[F-]. The van der Waals surface area contributed by atoms with Gasteiger partial charge in [-0.3, -0.25) is 0 Å². The van der Waals surface area contributed by atoms with E-state index in [2.05, 4.69) is 11.6 Å². The first-order valence-electron chi connectivity index (χ1n) is 2.36. The minimum atomic E-state index is -3.07. The van der Waals surface area contributed by atoms with Crippen LogP contribution >= 0.6 is 69.9 Å². The molecule has 0 aliphatic heterocycles. The van der Waals surface area contributed by atoms with Gasteiger partial charge >= 0.3 is 4.71 Å². The van der Waals surface area contributed by atoms with Gasteiger partial charge in [0.1, 0.15) is 0 Å². The molecule has 0 aliphatic carbocycles. The van der Waals surface area contributed by atoms with Crippen molar-refractivity contribution in [3.8, 4) is 0 Å². The van der Waals surface area contributed by atoms with Crippen LogP contribution in [0.4, 0.5) is 8.78 Å². The van der Waals surface area contributed by atoms with Crippen LogP contribution in [-0.2, 0) is 0 Å². The molecule has 0 amide bonds. The molecular weight excluding hydrogens is 330 g/mol. The van der Waals surface area contributed by atoms with E-state index in [9.17, 15) is 8.78 Å². The molecular formula is C4H6Cl4F4S2-2. The summed E-state index contributed by atoms with van der Waals surface area (Å²) in [5.41, 5.74) is 0. The Morgan fingerprint density at radius 1 is 0.857 bits per heavy atom. The fraction of sp³-hybridized carbons (Fsp3) is 1.00. The van der Waals surface area contributed by atoms with Crippen LogP contribution in [0.5, 0.6) is 0 Å². The van der Waals surface area contributed by atoms with Crippen molar-refractivity contribution in [3.05, 3.63) is 0 Å². The second-order valence-corrected chi connectivity index (χ2v) is 6.89. The molecule has 92 valence electrons. The van der Waals surface area contributed by atoms with Gasteiger partial charge in [-0.15, -0.1) is 11.8 Å². The molecule has 0 heterocycles. The van der Waals surface area contributed by atoms with Crippen LogP contribution < -0.4 is 9.41 Å². The summed E-state index contributed by atoms with van der Waals surface area (Å²) in [7, 11) is 0. The Balaban J connectivity index is -0.0000000625. The number of hydrogen-bond acceptors (Lipinski definition) is 2. The van der Waals surface area contributed by atoms with E-state index in [1.165, 1.54) is 18.0 Å². The summed E-state index contributed by atoms with van der Waals surface area (Å²) in [4.78, 5) is 0. The predicted octanol–water partition coefficient (Wildman–Crippen LogP) is -1.18. The van der Waals surface area contributed by atoms with Gasteiger partial charge < -0.3 is 9.41 Å². The highest BCUT2D eigenvalue weighted by Gasteiger charge is 2.21. The molecule has 0 radical (unpaired) electrons. The van der Waals surface area contributed by atoms with Gasteiger partial charge in [0, 0.05) is 0 Å². The van der Waals surface area contributed by atoms with Crippen LogP contribution in [0.1, 0.15) is 0 Å². The highest BCUT2D eigenvalue weighted by Crippen LogP contribution is 2.36. The molecule has 10 heteroatoms. The van der Waals surface area contributed by atoms with Crippen molar-refractivity contribution in [1.82, 2.24) is 0 Å². The second-order valence-electron chi connectivity index (χ2n) is 1.30. The summed E-state index contributed by atoms with van der Waals surface area (Å²) in [6.07, 6.45) is 2.97. The van der Waals surface area contributed by atoms with E-state index in [4.69, 9.17) is 34.8 Å². The highest BCUT2D eigenvalue weighted by atomic mass is 35.6. The van der Waals surface area contributed by atoms with Crippen LogP contribution in [0.15, 0.2) is 0 Å². The number of halogens is 8. The third-order valence-electron chi connectivity index (χ3n) is 0.463. The molecule has 0 nitrogen and oxygen atoms in total. The van der Waals surface area contributed by atoms with E-state index >= 15 is 0 Å². The van der Waals surface area contributed by atoms with Crippen LogP contribution in [0, 0.1) is 0 Å². The van der Waals surface area contributed by atoms with Crippen molar-refractivity contribution in [3.63, 3.8) is 0 Å². The van der Waals surface area contributed by atoms with Gasteiger partial charge in [-0.1, -0.05) is 46.6 Å². The summed E-state index contributed by atoms with van der Waals surface area (Å²) >= 11 is 21.5. The highest BCUT2D eigenvalue weighted by molar-refractivity contribution is 8.04. The molecule has 0 atom stereocenters. The number of thioether (sulfide) groups is 2. The lowest BCUT2D eigenvalue weighted by atomic mass is 11.6. The topological polar surface area (TPSA) is 0 Å². The maximum atomic E-state index is 11.2. The van der Waals surface area contributed by atoms with Crippen LogP contribution in [0.3, 0.4) is 0 Å². The molecule has 0 rings (SSSR count). The van der Waals surface area contributed by atoms with Gasteiger partial charge in [0.2, 0.25) is 3.12 Å². The van der Waals surface area contributed by atoms with Gasteiger partial charge in [0.15, 0.2) is 0 Å².